The number of benzene rings is 3. The molecule has 3 aromatic carbocycles. The van der Waals surface area contributed by atoms with E-state index in [4.69, 9.17) is 44.6 Å². The second-order valence-electron chi connectivity index (χ2n) is 8.00. The number of carboxylic acid groups (broad SMARTS) is 1. The molecule has 0 fully saturated rings. The molecule has 1 atom stereocenters. The summed E-state index contributed by atoms with van der Waals surface area (Å²) >= 11 is 18.7. The molecule has 4 nitrogen and oxygen atoms in total. The lowest BCUT2D eigenvalue weighted by molar-refractivity contribution is -0.138. The standard InChI is InChI=1S/C25H22Cl3NO3/c1-29(14-24(30)31)11-10-25(18-3-5-19(26)6-4-18)22-8-2-16(12-17(22)15-32-25)21-13-20(27)7-9-23(21)28/h2-9,12-13H,10-11,14-15H2,1H3,(H,30,31). The largest absolute Gasteiger partial charge is 0.480 e. The second kappa shape index (κ2) is 9.42. The molecule has 1 aliphatic heterocycles. The highest BCUT2D eigenvalue weighted by Crippen LogP contribution is 2.46. The van der Waals surface area contributed by atoms with Gasteiger partial charge in [0.05, 0.1) is 13.2 Å². The van der Waals surface area contributed by atoms with Crippen LogP contribution in [0.15, 0.2) is 60.7 Å². The van der Waals surface area contributed by atoms with Gasteiger partial charge in [0.25, 0.3) is 0 Å². The van der Waals surface area contributed by atoms with Gasteiger partial charge in [0.15, 0.2) is 0 Å². The molecular weight excluding hydrogens is 469 g/mol. The summed E-state index contributed by atoms with van der Waals surface area (Å²) < 4.78 is 6.46. The van der Waals surface area contributed by atoms with Gasteiger partial charge in [-0.3, -0.25) is 9.69 Å². The SMILES string of the molecule is CN(CCC1(c2ccc(Cl)cc2)OCc2cc(-c3cc(Cl)ccc3Cl)ccc21)CC(=O)O. The average Bonchev–Trinajstić information content (AvgIpc) is 3.13. The Kier molecular flexibility index (Phi) is 6.80. The number of carbonyl (C=O) groups is 1. The number of hydrogen-bond donors (Lipinski definition) is 1. The molecule has 0 amide bonds. The third kappa shape index (κ3) is 4.66. The first-order chi connectivity index (χ1) is 15.3. The number of ether oxygens (including phenoxy) is 1. The minimum atomic E-state index is -0.858. The van der Waals surface area contributed by atoms with Gasteiger partial charge in [0.2, 0.25) is 0 Å². The fourth-order valence-corrected chi connectivity index (χ4v) is 4.76. The Morgan fingerprint density at radius 2 is 1.75 bits per heavy atom. The van der Waals surface area contributed by atoms with Crippen LogP contribution in [0, 0.1) is 0 Å². The molecule has 0 saturated carbocycles. The van der Waals surface area contributed by atoms with Crippen molar-refractivity contribution in [2.45, 2.75) is 18.6 Å². The predicted molar refractivity (Wildman–Crippen MR) is 129 cm³/mol. The fraction of sp³-hybridized carbons (Fsp3) is 0.240. The second-order valence-corrected chi connectivity index (χ2v) is 9.28. The van der Waals surface area contributed by atoms with Crippen molar-refractivity contribution in [1.29, 1.82) is 0 Å². The molecule has 32 heavy (non-hydrogen) atoms. The Hall–Kier alpha value is -2.08. The molecule has 0 saturated heterocycles. The van der Waals surface area contributed by atoms with Crippen LogP contribution in [0.25, 0.3) is 11.1 Å². The van der Waals surface area contributed by atoms with E-state index in [-0.39, 0.29) is 6.54 Å². The number of likely N-dealkylation sites (N-methyl/N-ethyl adjacent to an activating group) is 1. The Morgan fingerprint density at radius 1 is 1.03 bits per heavy atom. The van der Waals surface area contributed by atoms with Crippen molar-refractivity contribution in [3.8, 4) is 11.1 Å². The van der Waals surface area contributed by atoms with Crippen molar-refractivity contribution >= 4 is 40.8 Å². The maximum atomic E-state index is 11.1. The van der Waals surface area contributed by atoms with E-state index in [0.717, 1.165) is 27.8 Å². The van der Waals surface area contributed by atoms with E-state index >= 15 is 0 Å². The van der Waals surface area contributed by atoms with Gasteiger partial charge in [-0.15, -0.1) is 0 Å². The molecule has 0 radical (unpaired) electrons. The van der Waals surface area contributed by atoms with Crippen LogP contribution < -0.4 is 0 Å². The predicted octanol–water partition coefficient (Wildman–Crippen LogP) is 6.49. The molecule has 0 aliphatic carbocycles. The molecule has 0 spiro atoms. The third-order valence-corrected chi connectivity index (χ3v) is 6.63. The Labute approximate surface area is 202 Å². The number of rotatable bonds is 7. The number of hydrogen-bond acceptors (Lipinski definition) is 3. The van der Waals surface area contributed by atoms with Gasteiger partial charge in [-0.05, 0) is 72.1 Å². The average molecular weight is 491 g/mol. The van der Waals surface area contributed by atoms with E-state index < -0.39 is 11.6 Å². The van der Waals surface area contributed by atoms with Gasteiger partial charge < -0.3 is 9.84 Å². The van der Waals surface area contributed by atoms with E-state index in [2.05, 4.69) is 12.1 Å². The number of carboxylic acids is 1. The fourth-order valence-electron chi connectivity index (χ4n) is 4.24. The summed E-state index contributed by atoms with van der Waals surface area (Å²) in [6.07, 6.45) is 0.600. The van der Waals surface area contributed by atoms with Crippen molar-refractivity contribution in [2.24, 2.45) is 0 Å². The molecule has 3 aromatic rings. The zero-order chi connectivity index (χ0) is 22.9. The van der Waals surface area contributed by atoms with Crippen LogP contribution >= 0.6 is 34.8 Å². The van der Waals surface area contributed by atoms with Gasteiger partial charge in [-0.2, -0.15) is 0 Å². The first-order valence-corrected chi connectivity index (χ1v) is 11.3. The number of halogens is 3. The monoisotopic (exact) mass is 489 g/mol. The van der Waals surface area contributed by atoms with Gasteiger partial charge in [0, 0.05) is 27.2 Å². The summed E-state index contributed by atoms with van der Waals surface area (Å²) in [5.74, 6) is -0.858. The van der Waals surface area contributed by atoms with Gasteiger partial charge in [-0.25, -0.2) is 0 Å². The third-order valence-electron chi connectivity index (χ3n) is 5.82. The van der Waals surface area contributed by atoms with E-state index in [1.165, 1.54) is 0 Å². The highest BCUT2D eigenvalue weighted by Gasteiger charge is 2.41. The summed E-state index contributed by atoms with van der Waals surface area (Å²) in [4.78, 5) is 12.9. The van der Waals surface area contributed by atoms with Crippen LogP contribution in [0.1, 0.15) is 23.1 Å². The highest BCUT2D eigenvalue weighted by molar-refractivity contribution is 6.35. The summed E-state index contributed by atoms with van der Waals surface area (Å²) in [7, 11) is 1.80. The van der Waals surface area contributed by atoms with Crippen molar-refractivity contribution in [3.05, 3.63) is 92.4 Å². The van der Waals surface area contributed by atoms with Crippen molar-refractivity contribution < 1.29 is 14.6 Å². The van der Waals surface area contributed by atoms with E-state index in [9.17, 15) is 4.79 Å². The molecule has 1 heterocycles. The maximum Gasteiger partial charge on any atom is 0.317 e. The molecule has 1 aliphatic rings. The normalized spacial score (nSPS) is 17.5. The molecule has 166 valence electrons. The molecule has 7 heteroatoms. The van der Waals surface area contributed by atoms with Crippen LogP contribution in [0.4, 0.5) is 0 Å². The topological polar surface area (TPSA) is 49.8 Å². The van der Waals surface area contributed by atoms with E-state index in [1.54, 1.807) is 24.1 Å². The zero-order valence-electron chi connectivity index (χ0n) is 17.4. The smallest absolute Gasteiger partial charge is 0.317 e. The van der Waals surface area contributed by atoms with Crippen LogP contribution in [0.5, 0.6) is 0 Å². The Bertz CT molecular complexity index is 1150. The molecule has 1 unspecified atom stereocenters. The van der Waals surface area contributed by atoms with Crippen LogP contribution in [0.2, 0.25) is 15.1 Å². The molecular formula is C25H22Cl3NO3. The Morgan fingerprint density at radius 3 is 2.47 bits per heavy atom. The first kappa shape index (κ1) is 23.1. The summed E-state index contributed by atoms with van der Waals surface area (Å²) in [6, 6.07) is 19.2. The molecule has 1 N–H and O–H groups in total. The van der Waals surface area contributed by atoms with Crippen molar-refractivity contribution in [2.75, 3.05) is 20.1 Å². The van der Waals surface area contributed by atoms with Gasteiger partial charge in [0.1, 0.15) is 5.60 Å². The lowest BCUT2D eigenvalue weighted by atomic mass is 9.82. The summed E-state index contributed by atoms with van der Waals surface area (Å²) in [6.45, 7) is 0.957. The molecule has 0 bridgehead atoms. The van der Waals surface area contributed by atoms with Crippen LogP contribution in [-0.2, 0) is 21.7 Å². The Balaban J connectivity index is 1.74. The summed E-state index contributed by atoms with van der Waals surface area (Å²) in [5, 5.41) is 11.0. The minimum absolute atomic E-state index is 0.0320. The van der Waals surface area contributed by atoms with Crippen molar-refractivity contribution in [1.82, 2.24) is 4.90 Å². The highest BCUT2D eigenvalue weighted by atomic mass is 35.5. The van der Waals surface area contributed by atoms with E-state index in [1.807, 2.05) is 36.4 Å². The summed E-state index contributed by atoms with van der Waals surface area (Å²) in [5.41, 5.74) is 4.25. The van der Waals surface area contributed by atoms with Gasteiger partial charge >= 0.3 is 5.97 Å². The number of fused-ring (bicyclic) bond motifs is 1. The molecule has 4 rings (SSSR count). The minimum Gasteiger partial charge on any atom is -0.480 e. The van der Waals surface area contributed by atoms with Crippen molar-refractivity contribution in [3.63, 3.8) is 0 Å². The maximum absolute atomic E-state index is 11.1. The van der Waals surface area contributed by atoms with E-state index in [0.29, 0.717) is 34.6 Å². The first-order valence-electron chi connectivity index (χ1n) is 10.2. The lowest BCUT2D eigenvalue weighted by Crippen LogP contribution is -2.34. The van der Waals surface area contributed by atoms with Crippen LogP contribution in [-0.4, -0.2) is 36.1 Å². The number of nitrogens with zero attached hydrogens (tertiary/aromatic N) is 1. The lowest BCUT2D eigenvalue weighted by Gasteiger charge is -2.32. The van der Waals surface area contributed by atoms with Gasteiger partial charge in [-0.1, -0.05) is 59.1 Å². The zero-order valence-corrected chi connectivity index (χ0v) is 19.7. The molecule has 0 aromatic heterocycles. The quantitative estimate of drug-likeness (QED) is 0.411. The van der Waals surface area contributed by atoms with Crippen LogP contribution in [0.3, 0.4) is 0 Å². The number of aliphatic carboxylic acids is 1.